The fraction of sp³-hybridized carbons (Fsp3) is 0.500. The van der Waals surface area contributed by atoms with E-state index in [-0.39, 0.29) is 0 Å². The second kappa shape index (κ2) is 3.67. The second-order valence-corrected chi connectivity index (χ2v) is 5.77. The monoisotopic (exact) mass is 253 g/mol. The van der Waals surface area contributed by atoms with Crippen LogP contribution in [-0.4, -0.2) is 6.54 Å². The summed E-state index contributed by atoms with van der Waals surface area (Å²) in [5.41, 5.74) is 3.30. The van der Waals surface area contributed by atoms with Crippen molar-refractivity contribution in [1.29, 1.82) is 0 Å². The third-order valence-electron chi connectivity index (χ3n) is 2.76. The van der Waals surface area contributed by atoms with Crippen molar-refractivity contribution in [2.24, 2.45) is 5.41 Å². The molecule has 1 aliphatic rings. The maximum Gasteiger partial charge on any atom is 0.0208 e. The summed E-state index contributed by atoms with van der Waals surface area (Å²) in [6.45, 7) is 6.73. The molecule has 0 spiro atoms. The van der Waals surface area contributed by atoms with Gasteiger partial charge in [-0.25, -0.2) is 0 Å². The first-order valence-corrected chi connectivity index (χ1v) is 5.84. The van der Waals surface area contributed by atoms with Crippen molar-refractivity contribution in [1.82, 2.24) is 5.32 Å². The molecule has 1 aliphatic heterocycles. The van der Waals surface area contributed by atoms with Gasteiger partial charge in [-0.15, -0.1) is 0 Å². The van der Waals surface area contributed by atoms with Gasteiger partial charge in [-0.05, 0) is 35.1 Å². The van der Waals surface area contributed by atoms with Gasteiger partial charge in [-0.1, -0.05) is 35.8 Å². The minimum Gasteiger partial charge on any atom is -0.312 e. The molecule has 0 aliphatic carbocycles. The van der Waals surface area contributed by atoms with Gasteiger partial charge in [0.1, 0.15) is 0 Å². The molecule has 1 aromatic carbocycles. The summed E-state index contributed by atoms with van der Waals surface area (Å²) in [6, 6.07) is 6.61. The lowest BCUT2D eigenvalue weighted by Gasteiger charge is -2.22. The molecule has 0 aromatic heterocycles. The van der Waals surface area contributed by atoms with Crippen LogP contribution in [0.1, 0.15) is 25.0 Å². The van der Waals surface area contributed by atoms with E-state index < -0.39 is 0 Å². The van der Waals surface area contributed by atoms with E-state index >= 15 is 0 Å². The van der Waals surface area contributed by atoms with Gasteiger partial charge in [0.05, 0.1) is 0 Å². The van der Waals surface area contributed by atoms with E-state index in [1.807, 2.05) is 0 Å². The predicted molar refractivity (Wildman–Crippen MR) is 63.3 cm³/mol. The van der Waals surface area contributed by atoms with Gasteiger partial charge < -0.3 is 5.32 Å². The number of rotatable bonds is 0. The van der Waals surface area contributed by atoms with Crippen LogP contribution in [0.15, 0.2) is 22.7 Å². The van der Waals surface area contributed by atoms with Crippen molar-refractivity contribution in [2.45, 2.75) is 26.8 Å². The number of hydrogen-bond donors (Lipinski definition) is 1. The molecule has 0 saturated heterocycles. The van der Waals surface area contributed by atoms with Crippen LogP contribution in [0.2, 0.25) is 0 Å². The first-order valence-electron chi connectivity index (χ1n) is 5.05. The summed E-state index contributed by atoms with van der Waals surface area (Å²) in [5.74, 6) is 0. The Morgan fingerprint density at radius 2 is 2.07 bits per heavy atom. The molecule has 0 atom stereocenters. The van der Waals surface area contributed by atoms with Gasteiger partial charge in [-0.3, -0.25) is 0 Å². The fourth-order valence-corrected chi connectivity index (χ4v) is 2.45. The number of hydrogen-bond acceptors (Lipinski definition) is 1. The molecular weight excluding hydrogens is 238 g/mol. The summed E-state index contributed by atoms with van der Waals surface area (Å²) < 4.78 is 1.18. The highest BCUT2D eigenvalue weighted by atomic mass is 79.9. The highest BCUT2D eigenvalue weighted by Crippen LogP contribution is 2.27. The predicted octanol–water partition coefficient (Wildman–Crippen LogP) is 3.12. The van der Waals surface area contributed by atoms with Gasteiger partial charge in [0.25, 0.3) is 0 Å². The zero-order valence-electron chi connectivity index (χ0n) is 8.73. The van der Waals surface area contributed by atoms with Gasteiger partial charge in [0.2, 0.25) is 0 Å². The zero-order chi connectivity index (χ0) is 10.2. The van der Waals surface area contributed by atoms with E-state index in [9.17, 15) is 0 Å². The minimum absolute atomic E-state index is 0.374. The fourth-order valence-electron chi connectivity index (χ4n) is 2.05. The summed E-state index contributed by atoms with van der Waals surface area (Å²) in [4.78, 5) is 0. The first kappa shape index (κ1) is 10.2. The second-order valence-electron chi connectivity index (χ2n) is 4.86. The van der Waals surface area contributed by atoms with Crippen LogP contribution in [0, 0.1) is 5.41 Å². The Kier molecular flexibility index (Phi) is 2.67. The Bertz CT molecular complexity index is 344. The molecule has 76 valence electrons. The van der Waals surface area contributed by atoms with Gasteiger partial charge >= 0.3 is 0 Å². The lowest BCUT2D eigenvalue weighted by molar-refractivity contribution is 0.349. The molecular formula is C12H16BrN. The zero-order valence-corrected chi connectivity index (χ0v) is 10.3. The van der Waals surface area contributed by atoms with Crippen molar-refractivity contribution in [2.75, 3.05) is 6.54 Å². The molecule has 2 heteroatoms. The molecule has 1 aromatic rings. The van der Waals surface area contributed by atoms with E-state index in [0.29, 0.717) is 5.41 Å². The molecule has 0 saturated carbocycles. The van der Waals surface area contributed by atoms with Crippen molar-refractivity contribution < 1.29 is 0 Å². The lowest BCUT2D eigenvalue weighted by Crippen LogP contribution is -2.27. The van der Waals surface area contributed by atoms with Crippen molar-refractivity contribution in [3.8, 4) is 0 Å². The summed E-state index contributed by atoms with van der Waals surface area (Å²) >= 11 is 3.52. The van der Waals surface area contributed by atoms with Crippen LogP contribution < -0.4 is 5.32 Å². The Balaban J connectivity index is 2.37. The lowest BCUT2D eigenvalue weighted by atomic mass is 9.85. The van der Waals surface area contributed by atoms with E-state index in [4.69, 9.17) is 0 Å². The molecule has 0 amide bonds. The number of halogens is 1. The van der Waals surface area contributed by atoms with Crippen LogP contribution in [0.3, 0.4) is 0 Å². The van der Waals surface area contributed by atoms with Gasteiger partial charge in [0.15, 0.2) is 0 Å². The molecule has 1 heterocycles. The van der Waals surface area contributed by atoms with E-state index in [1.165, 1.54) is 22.0 Å². The average Bonchev–Trinajstić information content (AvgIpc) is 2.22. The normalized spacial score (nSPS) is 19.9. The molecule has 0 radical (unpaired) electrons. The maximum absolute atomic E-state index is 3.52. The Morgan fingerprint density at radius 3 is 2.86 bits per heavy atom. The summed E-state index contributed by atoms with van der Waals surface area (Å²) in [5, 5.41) is 3.50. The van der Waals surface area contributed by atoms with Crippen LogP contribution in [0.5, 0.6) is 0 Å². The Labute approximate surface area is 94.0 Å². The number of benzene rings is 1. The van der Waals surface area contributed by atoms with Crippen LogP contribution in [-0.2, 0) is 13.0 Å². The molecule has 1 N–H and O–H groups in total. The van der Waals surface area contributed by atoms with Crippen molar-refractivity contribution >= 4 is 15.9 Å². The van der Waals surface area contributed by atoms with Gasteiger partial charge in [-0.2, -0.15) is 0 Å². The summed E-state index contributed by atoms with van der Waals surface area (Å²) in [7, 11) is 0. The van der Waals surface area contributed by atoms with Crippen LogP contribution >= 0.6 is 15.9 Å². The van der Waals surface area contributed by atoms with Crippen LogP contribution in [0.25, 0.3) is 0 Å². The SMILES string of the molecule is CC1(C)CNCc2cc(Br)ccc2C1. The third-order valence-corrected chi connectivity index (χ3v) is 3.25. The quantitative estimate of drug-likeness (QED) is 0.750. The maximum atomic E-state index is 3.52. The minimum atomic E-state index is 0.374. The summed E-state index contributed by atoms with van der Waals surface area (Å²) in [6.07, 6.45) is 1.17. The highest BCUT2D eigenvalue weighted by molar-refractivity contribution is 9.10. The third kappa shape index (κ3) is 2.18. The highest BCUT2D eigenvalue weighted by Gasteiger charge is 2.22. The number of fused-ring (bicyclic) bond motifs is 1. The molecule has 0 bridgehead atoms. The molecule has 0 fully saturated rings. The average molecular weight is 254 g/mol. The van der Waals surface area contributed by atoms with E-state index in [0.717, 1.165) is 13.1 Å². The Morgan fingerprint density at radius 1 is 1.29 bits per heavy atom. The molecule has 14 heavy (non-hydrogen) atoms. The van der Waals surface area contributed by atoms with E-state index in [2.05, 4.69) is 53.3 Å². The standard InChI is InChI=1S/C12H16BrN/c1-12(2)6-9-3-4-11(13)5-10(9)7-14-8-12/h3-5,14H,6-8H2,1-2H3. The van der Waals surface area contributed by atoms with Gasteiger partial charge in [0, 0.05) is 17.6 Å². The number of nitrogens with one attached hydrogen (secondary N) is 1. The van der Waals surface area contributed by atoms with Crippen molar-refractivity contribution in [3.63, 3.8) is 0 Å². The Hall–Kier alpha value is -0.340. The topological polar surface area (TPSA) is 12.0 Å². The smallest absolute Gasteiger partial charge is 0.0208 e. The largest absolute Gasteiger partial charge is 0.312 e. The van der Waals surface area contributed by atoms with Crippen LogP contribution in [0.4, 0.5) is 0 Å². The molecule has 1 nitrogen and oxygen atoms in total. The van der Waals surface area contributed by atoms with E-state index in [1.54, 1.807) is 0 Å². The molecule has 2 rings (SSSR count). The first-order chi connectivity index (χ1) is 6.57. The molecule has 0 unspecified atom stereocenters. The van der Waals surface area contributed by atoms with Crippen molar-refractivity contribution in [3.05, 3.63) is 33.8 Å².